The summed E-state index contributed by atoms with van der Waals surface area (Å²) >= 11 is 0. The zero-order valence-electron chi connectivity index (χ0n) is 9.17. The first-order valence-corrected chi connectivity index (χ1v) is 4.94. The molecule has 1 rings (SSSR count). The van der Waals surface area contributed by atoms with E-state index in [1.165, 1.54) is 0 Å². The van der Waals surface area contributed by atoms with Gasteiger partial charge in [0.05, 0.1) is 13.2 Å². The molecule has 1 aliphatic heterocycles. The van der Waals surface area contributed by atoms with Gasteiger partial charge in [0.1, 0.15) is 0 Å². The molecule has 0 aromatic rings. The lowest BCUT2D eigenvalue weighted by Gasteiger charge is -2.32. The van der Waals surface area contributed by atoms with Crippen LogP contribution in [0, 0.1) is 0 Å². The SMILES string of the molecule is CN(CCC1OCCO1)C(C)(C)C. The summed E-state index contributed by atoms with van der Waals surface area (Å²) in [5.74, 6) is 0. The Bertz CT molecular complexity index is 147. The smallest absolute Gasteiger partial charge is 0.159 e. The standard InChI is InChI=1S/C10H21NO2/c1-10(2,3)11(4)6-5-9-12-7-8-13-9/h9H,5-8H2,1-4H3. The summed E-state index contributed by atoms with van der Waals surface area (Å²) in [5, 5.41) is 0. The fourth-order valence-corrected chi connectivity index (χ4v) is 1.21. The van der Waals surface area contributed by atoms with E-state index >= 15 is 0 Å². The summed E-state index contributed by atoms with van der Waals surface area (Å²) in [5.41, 5.74) is 0.235. The van der Waals surface area contributed by atoms with E-state index in [9.17, 15) is 0 Å². The van der Waals surface area contributed by atoms with Gasteiger partial charge in [-0.1, -0.05) is 0 Å². The minimum absolute atomic E-state index is 0.0322. The molecule has 0 radical (unpaired) electrons. The molecule has 3 heteroatoms. The minimum Gasteiger partial charge on any atom is -0.350 e. The van der Waals surface area contributed by atoms with E-state index in [0.717, 1.165) is 26.2 Å². The van der Waals surface area contributed by atoms with Crippen LogP contribution in [0.25, 0.3) is 0 Å². The monoisotopic (exact) mass is 187 g/mol. The third kappa shape index (κ3) is 3.63. The van der Waals surface area contributed by atoms with Gasteiger partial charge in [0.2, 0.25) is 0 Å². The van der Waals surface area contributed by atoms with Gasteiger partial charge in [-0.3, -0.25) is 0 Å². The van der Waals surface area contributed by atoms with Crippen LogP contribution in [0.15, 0.2) is 0 Å². The minimum atomic E-state index is 0.0322. The van der Waals surface area contributed by atoms with Crippen molar-refractivity contribution in [3.05, 3.63) is 0 Å². The van der Waals surface area contributed by atoms with Crippen LogP contribution in [0.3, 0.4) is 0 Å². The van der Waals surface area contributed by atoms with Gasteiger partial charge in [-0.15, -0.1) is 0 Å². The quantitative estimate of drug-likeness (QED) is 0.668. The molecule has 0 saturated carbocycles. The molecule has 0 aromatic carbocycles. The molecule has 0 amide bonds. The molecule has 0 N–H and O–H groups in total. The Morgan fingerprint density at radius 1 is 1.23 bits per heavy atom. The van der Waals surface area contributed by atoms with Crippen LogP contribution >= 0.6 is 0 Å². The zero-order chi connectivity index (χ0) is 9.90. The van der Waals surface area contributed by atoms with Crippen molar-refractivity contribution in [2.24, 2.45) is 0 Å². The predicted molar refractivity (Wildman–Crippen MR) is 52.7 cm³/mol. The molecule has 0 aliphatic carbocycles. The van der Waals surface area contributed by atoms with Crippen molar-refractivity contribution in [2.75, 3.05) is 26.8 Å². The van der Waals surface area contributed by atoms with Crippen LogP contribution in [0.5, 0.6) is 0 Å². The number of rotatable bonds is 3. The summed E-state index contributed by atoms with van der Waals surface area (Å²) < 4.78 is 10.7. The Morgan fingerprint density at radius 2 is 1.77 bits per heavy atom. The molecule has 0 spiro atoms. The van der Waals surface area contributed by atoms with E-state index in [1.807, 2.05) is 0 Å². The van der Waals surface area contributed by atoms with Gasteiger partial charge in [-0.05, 0) is 27.8 Å². The molecular weight excluding hydrogens is 166 g/mol. The number of hydrogen-bond donors (Lipinski definition) is 0. The molecule has 0 bridgehead atoms. The zero-order valence-corrected chi connectivity index (χ0v) is 9.17. The molecule has 13 heavy (non-hydrogen) atoms. The second-order valence-electron chi connectivity index (χ2n) is 4.55. The topological polar surface area (TPSA) is 21.7 Å². The van der Waals surface area contributed by atoms with Crippen molar-refractivity contribution in [3.63, 3.8) is 0 Å². The summed E-state index contributed by atoms with van der Waals surface area (Å²) in [6, 6.07) is 0. The summed E-state index contributed by atoms with van der Waals surface area (Å²) in [4.78, 5) is 2.32. The van der Waals surface area contributed by atoms with Crippen LogP contribution in [0.1, 0.15) is 27.2 Å². The van der Waals surface area contributed by atoms with E-state index in [1.54, 1.807) is 0 Å². The maximum atomic E-state index is 5.37. The lowest BCUT2D eigenvalue weighted by atomic mass is 10.1. The molecular formula is C10H21NO2. The summed E-state index contributed by atoms with van der Waals surface area (Å²) in [6.45, 7) is 9.16. The van der Waals surface area contributed by atoms with Crippen molar-refractivity contribution in [3.8, 4) is 0 Å². The lowest BCUT2D eigenvalue weighted by molar-refractivity contribution is -0.0538. The average Bonchev–Trinajstić information content (AvgIpc) is 2.50. The first-order valence-electron chi connectivity index (χ1n) is 4.94. The van der Waals surface area contributed by atoms with Gasteiger partial charge in [-0.2, -0.15) is 0 Å². The van der Waals surface area contributed by atoms with Gasteiger partial charge in [-0.25, -0.2) is 0 Å². The highest BCUT2D eigenvalue weighted by Crippen LogP contribution is 2.14. The lowest BCUT2D eigenvalue weighted by Crippen LogP contribution is -2.39. The molecule has 0 atom stereocenters. The van der Waals surface area contributed by atoms with Crippen molar-refractivity contribution in [1.29, 1.82) is 0 Å². The van der Waals surface area contributed by atoms with E-state index in [0.29, 0.717) is 0 Å². The van der Waals surface area contributed by atoms with Crippen LogP contribution in [0.4, 0.5) is 0 Å². The second-order valence-corrected chi connectivity index (χ2v) is 4.55. The highest BCUT2D eigenvalue weighted by atomic mass is 16.7. The Morgan fingerprint density at radius 3 is 2.23 bits per heavy atom. The Hall–Kier alpha value is -0.120. The average molecular weight is 187 g/mol. The highest BCUT2D eigenvalue weighted by molar-refractivity contribution is 4.73. The van der Waals surface area contributed by atoms with Gasteiger partial charge >= 0.3 is 0 Å². The van der Waals surface area contributed by atoms with E-state index in [2.05, 4.69) is 32.7 Å². The summed E-state index contributed by atoms with van der Waals surface area (Å²) in [7, 11) is 2.13. The Balaban J connectivity index is 2.17. The third-order valence-electron chi connectivity index (χ3n) is 2.54. The maximum absolute atomic E-state index is 5.37. The van der Waals surface area contributed by atoms with Crippen LogP contribution in [-0.2, 0) is 9.47 Å². The fourth-order valence-electron chi connectivity index (χ4n) is 1.21. The molecule has 1 saturated heterocycles. The molecule has 1 aliphatic rings. The largest absolute Gasteiger partial charge is 0.350 e. The van der Waals surface area contributed by atoms with E-state index < -0.39 is 0 Å². The molecule has 78 valence electrons. The molecule has 1 fully saturated rings. The fraction of sp³-hybridized carbons (Fsp3) is 1.00. The van der Waals surface area contributed by atoms with Crippen LogP contribution < -0.4 is 0 Å². The van der Waals surface area contributed by atoms with Crippen molar-refractivity contribution < 1.29 is 9.47 Å². The normalized spacial score (nSPS) is 20.1. The van der Waals surface area contributed by atoms with Gasteiger partial charge in [0, 0.05) is 18.5 Å². The maximum Gasteiger partial charge on any atom is 0.159 e. The van der Waals surface area contributed by atoms with E-state index in [4.69, 9.17) is 9.47 Å². The van der Waals surface area contributed by atoms with Crippen LogP contribution in [0.2, 0.25) is 0 Å². The van der Waals surface area contributed by atoms with Crippen molar-refractivity contribution in [1.82, 2.24) is 4.90 Å². The molecule has 3 nitrogen and oxygen atoms in total. The molecule has 1 heterocycles. The third-order valence-corrected chi connectivity index (χ3v) is 2.54. The molecule has 0 aromatic heterocycles. The number of ether oxygens (including phenoxy) is 2. The second kappa shape index (κ2) is 4.40. The number of nitrogens with zero attached hydrogens (tertiary/aromatic N) is 1. The molecule has 0 unspecified atom stereocenters. The predicted octanol–water partition coefficient (Wildman–Crippen LogP) is 1.48. The van der Waals surface area contributed by atoms with Crippen molar-refractivity contribution >= 4 is 0 Å². The Kier molecular flexibility index (Phi) is 3.71. The first kappa shape index (κ1) is 11.0. The number of hydrogen-bond acceptors (Lipinski definition) is 3. The summed E-state index contributed by atoms with van der Waals surface area (Å²) in [6.07, 6.45) is 0.998. The first-order chi connectivity index (χ1) is 6.00. The van der Waals surface area contributed by atoms with Gasteiger partial charge < -0.3 is 14.4 Å². The van der Waals surface area contributed by atoms with E-state index in [-0.39, 0.29) is 11.8 Å². The van der Waals surface area contributed by atoms with Gasteiger partial charge in [0.15, 0.2) is 6.29 Å². The Labute approximate surface area is 81.0 Å². The highest BCUT2D eigenvalue weighted by Gasteiger charge is 2.20. The van der Waals surface area contributed by atoms with Gasteiger partial charge in [0.25, 0.3) is 0 Å². The van der Waals surface area contributed by atoms with Crippen LogP contribution in [-0.4, -0.2) is 43.5 Å². The van der Waals surface area contributed by atoms with Crippen molar-refractivity contribution in [2.45, 2.75) is 39.0 Å².